The van der Waals surface area contributed by atoms with Gasteiger partial charge in [0.1, 0.15) is 17.9 Å². The minimum atomic E-state index is -0.784. The van der Waals surface area contributed by atoms with Gasteiger partial charge in [-0.25, -0.2) is 14.1 Å². The summed E-state index contributed by atoms with van der Waals surface area (Å²) in [7, 11) is 0. The van der Waals surface area contributed by atoms with Gasteiger partial charge in [-0.1, -0.05) is 42.5 Å². The lowest BCUT2D eigenvalue weighted by Gasteiger charge is -2.36. The molecular formula is C32H31FN4O4. The average molecular weight is 555 g/mol. The lowest BCUT2D eigenvalue weighted by Crippen LogP contribution is -2.44. The topological polar surface area (TPSA) is 94.7 Å². The van der Waals surface area contributed by atoms with E-state index in [1.54, 1.807) is 41.3 Å². The number of ether oxygens (including phenoxy) is 1. The number of halogens is 1. The number of urea groups is 1. The number of aromatic nitrogens is 1. The van der Waals surface area contributed by atoms with E-state index in [0.717, 1.165) is 27.1 Å². The zero-order valence-corrected chi connectivity index (χ0v) is 22.9. The summed E-state index contributed by atoms with van der Waals surface area (Å²) in [4.78, 5) is 47.5. The first-order chi connectivity index (χ1) is 19.8. The van der Waals surface area contributed by atoms with Crippen LogP contribution in [0.25, 0.3) is 10.9 Å². The highest BCUT2D eigenvalue weighted by Crippen LogP contribution is 2.45. The maximum Gasteiger partial charge on any atom is 0.332 e. The van der Waals surface area contributed by atoms with Gasteiger partial charge in [-0.15, -0.1) is 0 Å². The van der Waals surface area contributed by atoms with E-state index in [1.807, 2.05) is 38.1 Å². The Morgan fingerprint density at radius 2 is 1.78 bits per heavy atom. The van der Waals surface area contributed by atoms with Crippen molar-refractivity contribution in [3.05, 3.63) is 101 Å². The van der Waals surface area contributed by atoms with Crippen LogP contribution in [0.15, 0.2) is 72.8 Å². The smallest absolute Gasteiger partial charge is 0.332 e. The Morgan fingerprint density at radius 3 is 2.56 bits per heavy atom. The third kappa shape index (κ3) is 4.76. The van der Waals surface area contributed by atoms with Crippen LogP contribution < -0.4 is 10.2 Å². The number of carbonyl (C=O) groups is 3. The summed E-state index contributed by atoms with van der Waals surface area (Å²) >= 11 is 0. The Labute approximate surface area is 237 Å². The minimum Gasteiger partial charge on any atom is -0.379 e. The zero-order valence-electron chi connectivity index (χ0n) is 22.9. The van der Waals surface area contributed by atoms with E-state index in [2.05, 4.69) is 10.3 Å². The molecule has 2 N–H and O–H groups in total. The fourth-order valence-corrected chi connectivity index (χ4v) is 5.84. The number of H-pyrrole nitrogens is 1. The van der Waals surface area contributed by atoms with E-state index in [9.17, 15) is 18.8 Å². The fraction of sp³-hybridized carbons (Fsp3) is 0.281. The number of nitrogens with zero attached hydrogens (tertiary/aromatic N) is 2. The third-order valence-electron chi connectivity index (χ3n) is 7.68. The molecule has 0 aliphatic carbocycles. The van der Waals surface area contributed by atoms with Gasteiger partial charge in [-0.2, -0.15) is 0 Å². The molecule has 210 valence electrons. The number of imide groups is 1. The third-order valence-corrected chi connectivity index (χ3v) is 7.68. The molecule has 3 heterocycles. The molecule has 0 radical (unpaired) electrons. The van der Waals surface area contributed by atoms with E-state index < -0.39 is 24.0 Å². The molecule has 3 aromatic carbocycles. The number of carbonyl (C=O) groups excluding carboxylic acids is 3. The molecule has 2 aliphatic heterocycles. The number of hydrogen-bond acceptors (Lipinski definition) is 4. The fourth-order valence-electron chi connectivity index (χ4n) is 5.84. The normalized spacial score (nSPS) is 18.2. The summed E-state index contributed by atoms with van der Waals surface area (Å²) in [5, 5.41) is 3.86. The van der Waals surface area contributed by atoms with Gasteiger partial charge in [0, 0.05) is 36.2 Å². The van der Waals surface area contributed by atoms with Gasteiger partial charge in [0.05, 0.1) is 17.4 Å². The number of amides is 4. The Kier molecular flexibility index (Phi) is 7.05. The van der Waals surface area contributed by atoms with Crippen molar-refractivity contribution in [2.24, 2.45) is 0 Å². The van der Waals surface area contributed by atoms with Crippen LogP contribution in [-0.2, 0) is 16.0 Å². The molecule has 41 heavy (non-hydrogen) atoms. The molecular weight excluding hydrogens is 523 g/mol. The van der Waals surface area contributed by atoms with Crippen molar-refractivity contribution in [1.29, 1.82) is 0 Å². The van der Waals surface area contributed by atoms with Crippen LogP contribution in [0.4, 0.5) is 14.9 Å². The first-order valence-electron chi connectivity index (χ1n) is 13.8. The molecule has 2 aliphatic rings. The number of benzene rings is 3. The van der Waals surface area contributed by atoms with Crippen molar-refractivity contribution < 1.29 is 23.5 Å². The molecule has 1 aromatic heterocycles. The van der Waals surface area contributed by atoms with Crippen molar-refractivity contribution >= 4 is 34.4 Å². The standard InChI is InChI=1S/C32H31FN4O4/c1-19(2)41-17-7-16-34-30(38)23-9-4-6-11-26(23)37-31(39)27-18-24-22-8-3-5-10-25(22)35-28(24)29(36(27)32(37)40)20-12-14-21(33)15-13-20/h3-6,8-15,19,27,29,35H,7,16-18H2,1-2H3,(H,34,38)/t27-,29?/m0/s1. The second kappa shape index (κ2) is 10.8. The van der Waals surface area contributed by atoms with Gasteiger partial charge < -0.3 is 15.0 Å². The second-order valence-electron chi connectivity index (χ2n) is 10.6. The number of para-hydroxylation sites is 2. The summed E-state index contributed by atoms with van der Waals surface area (Å²) < 4.78 is 19.4. The number of nitrogens with one attached hydrogen (secondary N) is 2. The summed E-state index contributed by atoms with van der Waals surface area (Å²) in [5.41, 5.74) is 3.81. The summed E-state index contributed by atoms with van der Waals surface area (Å²) in [5.74, 6) is -1.16. The monoisotopic (exact) mass is 554 g/mol. The Hall–Kier alpha value is -4.50. The molecule has 0 saturated carbocycles. The van der Waals surface area contributed by atoms with E-state index in [-0.39, 0.29) is 29.1 Å². The molecule has 8 nitrogen and oxygen atoms in total. The molecule has 1 unspecified atom stereocenters. The lowest BCUT2D eigenvalue weighted by molar-refractivity contribution is -0.120. The molecule has 0 spiro atoms. The average Bonchev–Trinajstić information content (AvgIpc) is 3.46. The van der Waals surface area contributed by atoms with Gasteiger partial charge in [0.2, 0.25) is 0 Å². The first-order valence-corrected chi connectivity index (χ1v) is 13.8. The SMILES string of the molecule is CC(C)OCCCNC(=O)c1ccccc1N1C(=O)[C@@H]2Cc3c([nH]c4ccccc34)C(c3ccc(F)cc3)N2C1=O. The van der Waals surface area contributed by atoms with Crippen LogP contribution in [0, 0.1) is 5.82 Å². The highest BCUT2D eigenvalue weighted by atomic mass is 19.1. The molecule has 6 rings (SSSR count). The molecule has 0 bridgehead atoms. The van der Waals surface area contributed by atoms with E-state index in [0.29, 0.717) is 31.6 Å². The van der Waals surface area contributed by atoms with Gasteiger partial charge in [0.15, 0.2) is 0 Å². The molecule has 4 aromatic rings. The highest BCUT2D eigenvalue weighted by Gasteiger charge is 2.53. The number of fused-ring (bicyclic) bond motifs is 4. The Bertz CT molecular complexity index is 1630. The zero-order chi connectivity index (χ0) is 28.7. The van der Waals surface area contributed by atoms with Crippen LogP contribution in [0.1, 0.15) is 53.5 Å². The van der Waals surface area contributed by atoms with Crippen molar-refractivity contribution in [2.75, 3.05) is 18.1 Å². The minimum absolute atomic E-state index is 0.107. The van der Waals surface area contributed by atoms with E-state index in [4.69, 9.17) is 4.74 Å². The molecule has 4 amide bonds. The number of hydrogen-bond donors (Lipinski definition) is 2. The second-order valence-corrected chi connectivity index (χ2v) is 10.6. The molecule has 9 heteroatoms. The molecule has 1 fully saturated rings. The largest absolute Gasteiger partial charge is 0.379 e. The van der Waals surface area contributed by atoms with Gasteiger partial charge >= 0.3 is 6.03 Å². The van der Waals surface area contributed by atoms with Crippen molar-refractivity contribution in [3.63, 3.8) is 0 Å². The van der Waals surface area contributed by atoms with Gasteiger partial charge in [-0.05, 0) is 61.7 Å². The number of aromatic amines is 1. The number of anilines is 1. The van der Waals surface area contributed by atoms with Crippen molar-refractivity contribution in [3.8, 4) is 0 Å². The van der Waals surface area contributed by atoms with Crippen LogP contribution >= 0.6 is 0 Å². The van der Waals surface area contributed by atoms with E-state index in [1.165, 1.54) is 12.1 Å². The Balaban J connectivity index is 1.36. The maximum absolute atomic E-state index is 14.2. The molecule has 1 saturated heterocycles. The van der Waals surface area contributed by atoms with Crippen LogP contribution in [-0.4, -0.2) is 53.0 Å². The Morgan fingerprint density at radius 1 is 1.05 bits per heavy atom. The van der Waals surface area contributed by atoms with E-state index >= 15 is 0 Å². The highest BCUT2D eigenvalue weighted by molar-refractivity contribution is 6.24. The van der Waals surface area contributed by atoms with Crippen molar-refractivity contribution in [2.45, 2.75) is 44.9 Å². The summed E-state index contributed by atoms with van der Waals surface area (Å²) in [6, 6.07) is 18.5. The van der Waals surface area contributed by atoms with Gasteiger partial charge in [0.25, 0.3) is 11.8 Å². The quantitative estimate of drug-likeness (QED) is 0.227. The number of rotatable bonds is 8. The van der Waals surface area contributed by atoms with Gasteiger partial charge in [-0.3, -0.25) is 14.5 Å². The predicted molar refractivity (Wildman–Crippen MR) is 153 cm³/mol. The van der Waals surface area contributed by atoms with Crippen LogP contribution in [0.3, 0.4) is 0 Å². The predicted octanol–water partition coefficient (Wildman–Crippen LogP) is 5.33. The summed E-state index contributed by atoms with van der Waals surface area (Å²) in [6.45, 7) is 4.81. The first kappa shape index (κ1) is 26.7. The van der Waals surface area contributed by atoms with Crippen molar-refractivity contribution in [1.82, 2.24) is 15.2 Å². The van der Waals surface area contributed by atoms with Crippen LogP contribution in [0.5, 0.6) is 0 Å². The summed E-state index contributed by atoms with van der Waals surface area (Å²) in [6.07, 6.45) is 1.06. The maximum atomic E-state index is 14.2. The lowest BCUT2D eigenvalue weighted by atomic mass is 9.89. The van der Waals surface area contributed by atoms with Crippen LogP contribution in [0.2, 0.25) is 0 Å². The molecule has 2 atom stereocenters.